The molecule has 2 aromatic carbocycles. The minimum atomic E-state index is -0.523. The van der Waals surface area contributed by atoms with Gasteiger partial charge in [0.15, 0.2) is 12.4 Å². The van der Waals surface area contributed by atoms with Crippen molar-refractivity contribution in [3.8, 4) is 0 Å². The van der Waals surface area contributed by atoms with Crippen LogP contribution in [0, 0.1) is 0 Å². The molecule has 1 aliphatic rings. The minimum Gasteiger partial charge on any atom is -0.478 e. The molecule has 1 heterocycles. The Kier molecular flexibility index (Phi) is 3.46. The zero-order chi connectivity index (χ0) is 13.8. The van der Waals surface area contributed by atoms with E-state index in [2.05, 4.69) is 0 Å². The van der Waals surface area contributed by atoms with Crippen LogP contribution in [0.5, 0.6) is 0 Å². The summed E-state index contributed by atoms with van der Waals surface area (Å²) < 4.78 is 5.71. The fourth-order valence-corrected chi connectivity index (χ4v) is 2.20. The van der Waals surface area contributed by atoms with E-state index in [-0.39, 0.29) is 0 Å². The largest absolute Gasteiger partial charge is 0.478 e. The lowest BCUT2D eigenvalue weighted by Gasteiger charge is -2.07. The molecular weight excluding hydrogens is 248 g/mol. The molecule has 1 unspecified atom stereocenters. The molecule has 2 heteroatoms. The summed E-state index contributed by atoms with van der Waals surface area (Å²) in [6, 6.07) is 19.7. The highest BCUT2D eigenvalue weighted by atomic mass is 16.5. The monoisotopic (exact) mass is 262 g/mol. The topological polar surface area (TPSA) is 26.3 Å². The van der Waals surface area contributed by atoms with Gasteiger partial charge in [-0.15, -0.1) is 0 Å². The van der Waals surface area contributed by atoms with Gasteiger partial charge in [0.25, 0.3) is 0 Å². The average Bonchev–Trinajstić information content (AvgIpc) is 2.92. The van der Waals surface area contributed by atoms with Crippen LogP contribution in [-0.4, -0.2) is 12.4 Å². The summed E-state index contributed by atoms with van der Waals surface area (Å²) in [6.45, 7) is 0. The highest BCUT2D eigenvalue weighted by Crippen LogP contribution is 2.30. The van der Waals surface area contributed by atoms with Crippen molar-refractivity contribution in [2.24, 2.45) is 0 Å². The highest BCUT2D eigenvalue weighted by Gasteiger charge is 2.23. The van der Waals surface area contributed by atoms with Crippen LogP contribution in [0.25, 0.3) is 11.8 Å². The molecule has 0 bridgehead atoms. The predicted molar refractivity (Wildman–Crippen MR) is 79.8 cm³/mol. The molecule has 0 aromatic heterocycles. The maximum Gasteiger partial charge on any atom is 0.179 e. The van der Waals surface area contributed by atoms with E-state index in [9.17, 15) is 4.79 Å². The third-order valence-corrected chi connectivity index (χ3v) is 3.20. The molecule has 98 valence electrons. The van der Waals surface area contributed by atoms with Crippen molar-refractivity contribution in [1.82, 2.24) is 0 Å². The van der Waals surface area contributed by atoms with E-state index < -0.39 is 6.10 Å². The van der Waals surface area contributed by atoms with Gasteiger partial charge in [0.05, 0.1) is 0 Å². The zero-order valence-electron chi connectivity index (χ0n) is 10.9. The number of carbonyl (C=O) groups excluding carboxylic acids is 1. The Bertz CT molecular complexity index is 654. The number of aldehydes is 1. The quantitative estimate of drug-likeness (QED) is 0.788. The van der Waals surface area contributed by atoms with E-state index in [1.54, 1.807) is 0 Å². The van der Waals surface area contributed by atoms with Gasteiger partial charge < -0.3 is 4.74 Å². The summed E-state index contributed by atoms with van der Waals surface area (Å²) in [5, 5.41) is 0. The van der Waals surface area contributed by atoms with Gasteiger partial charge in [-0.3, -0.25) is 4.79 Å². The molecule has 0 spiro atoms. The number of hydrogen-bond donors (Lipinski definition) is 0. The molecule has 0 radical (unpaired) electrons. The van der Waals surface area contributed by atoms with Crippen molar-refractivity contribution in [3.63, 3.8) is 0 Å². The van der Waals surface area contributed by atoms with Crippen LogP contribution in [0.15, 0.2) is 72.3 Å². The van der Waals surface area contributed by atoms with Crippen molar-refractivity contribution >= 4 is 18.1 Å². The van der Waals surface area contributed by atoms with E-state index in [4.69, 9.17) is 4.74 Å². The number of hydrogen-bond acceptors (Lipinski definition) is 2. The zero-order valence-corrected chi connectivity index (χ0v) is 10.9. The van der Waals surface area contributed by atoms with Crippen molar-refractivity contribution in [3.05, 3.63) is 83.4 Å². The van der Waals surface area contributed by atoms with Crippen LogP contribution in [0.1, 0.15) is 11.1 Å². The van der Waals surface area contributed by atoms with Crippen molar-refractivity contribution in [1.29, 1.82) is 0 Å². The average molecular weight is 262 g/mol. The lowest BCUT2D eigenvalue weighted by molar-refractivity contribution is -0.112. The first-order valence-corrected chi connectivity index (χ1v) is 6.52. The summed E-state index contributed by atoms with van der Waals surface area (Å²) in [6.07, 6.45) is 4.22. The summed E-state index contributed by atoms with van der Waals surface area (Å²) in [4.78, 5) is 11.2. The van der Waals surface area contributed by atoms with Crippen molar-refractivity contribution in [2.45, 2.75) is 6.10 Å². The van der Waals surface area contributed by atoms with Gasteiger partial charge in [0.1, 0.15) is 5.76 Å². The molecule has 0 amide bonds. The molecule has 3 rings (SSSR count). The molecule has 2 nitrogen and oxygen atoms in total. The predicted octanol–water partition coefficient (Wildman–Crippen LogP) is 3.71. The third-order valence-electron chi connectivity index (χ3n) is 3.20. The molecule has 0 saturated carbocycles. The van der Waals surface area contributed by atoms with Crippen LogP contribution in [-0.2, 0) is 9.53 Å². The van der Waals surface area contributed by atoms with E-state index in [0.29, 0.717) is 0 Å². The number of rotatable bonds is 3. The molecule has 0 N–H and O–H groups in total. The Labute approximate surface area is 118 Å². The van der Waals surface area contributed by atoms with E-state index in [1.807, 2.05) is 72.8 Å². The standard InChI is InChI=1S/C18H14O2/c19-13-18-16(11-14-7-3-1-4-8-14)12-17(20-18)15-9-5-2-6-10-15/h1-13,18H/b16-11+. The fraction of sp³-hybridized carbons (Fsp3) is 0.0556. The van der Waals surface area contributed by atoms with Crippen molar-refractivity contribution < 1.29 is 9.53 Å². The molecule has 1 aliphatic heterocycles. The Morgan fingerprint density at radius 1 is 0.900 bits per heavy atom. The highest BCUT2D eigenvalue weighted by molar-refractivity contribution is 5.79. The smallest absolute Gasteiger partial charge is 0.179 e. The van der Waals surface area contributed by atoms with Gasteiger partial charge in [-0.2, -0.15) is 0 Å². The first-order valence-electron chi connectivity index (χ1n) is 6.52. The summed E-state index contributed by atoms with van der Waals surface area (Å²) in [5.41, 5.74) is 2.92. The van der Waals surface area contributed by atoms with Gasteiger partial charge in [-0.05, 0) is 17.7 Å². The van der Waals surface area contributed by atoms with Crippen LogP contribution < -0.4 is 0 Å². The Morgan fingerprint density at radius 2 is 1.55 bits per heavy atom. The maximum atomic E-state index is 11.2. The molecular formula is C18H14O2. The second-order valence-corrected chi connectivity index (χ2v) is 4.60. The first kappa shape index (κ1) is 12.4. The summed E-state index contributed by atoms with van der Waals surface area (Å²) in [7, 11) is 0. The maximum absolute atomic E-state index is 11.2. The SMILES string of the molecule is O=CC1OC(c2ccccc2)=C/C1=C\c1ccccc1. The van der Waals surface area contributed by atoms with Crippen LogP contribution in [0.4, 0.5) is 0 Å². The van der Waals surface area contributed by atoms with Gasteiger partial charge in [-0.25, -0.2) is 0 Å². The Balaban J connectivity index is 1.95. The second-order valence-electron chi connectivity index (χ2n) is 4.60. The van der Waals surface area contributed by atoms with E-state index in [0.717, 1.165) is 28.7 Å². The molecule has 0 fully saturated rings. The molecule has 1 atom stereocenters. The minimum absolute atomic E-state index is 0.523. The number of benzene rings is 2. The van der Waals surface area contributed by atoms with Crippen LogP contribution >= 0.6 is 0 Å². The Hall–Kier alpha value is -2.61. The molecule has 2 aromatic rings. The lowest BCUT2D eigenvalue weighted by Crippen LogP contribution is -2.09. The fourth-order valence-electron chi connectivity index (χ4n) is 2.20. The van der Waals surface area contributed by atoms with Gasteiger partial charge in [0.2, 0.25) is 0 Å². The summed E-state index contributed by atoms with van der Waals surface area (Å²) >= 11 is 0. The third kappa shape index (κ3) is 2.54. The van der Waals surface area contributed by atoms with E-state index in [1.165, 1.54) is 0 Å². The first-order chi connectivity index (χ1) is 9.86. The lowest BCUT2D eigenvalue weighted by atomic mass is 10.1. The number of carbonyl (C=O) groups is 1. The van der Waals surface area contributed by atoms with Gasteiger partial charge >= 0.3 is 0 Å². The normalized spacial score (nSPS) is 19.5. The molecule has 0 aliphatic carbocycles. The summed E-state index contributed by atoms with van der Waals surface area (Å²) in [5.74, 6) is 0.741. The van der Waals surface area contributed by atoms with Gasteiger partial charge in [0, 0.05) is 11.1 Å². The molecule has 0 saturated heterocycles. The number of ether oxygens (including phenoxy) is 1. The van der Waals surface area contributed by atoms with Crippen molar-refractivity contribution in [2.75, 3.05) is 0 Å². The van der Waals surface area contributed by atoms with Crippen LogP contribution in [0.2, 0.25) is 0 Å². The van der Waals surface area contributed by atoms with Crippen LogP contribution in [0.3, 0.4) is 0 Å². The second kappa shape index (κ2) is 5.57. The van der Waals surface area contributed by atoms with E-state index >= 15 is 0 Å². The molecule has 20 heavy (non-hydrogen) atoms. The Morgan fingerprint density at radius 3 is 2.20 bits per heavy atom. The van der Waals surface area contributed by atoms with Gasteiger partial charge in [-0.1, -0.05) is 60.7 Å².